The molecule has 1 aromatic carbocycles. The number of benzene rings is 1. The lowest BCUT2D eigenvalue weighted by Gasteiger charge is -2.27. The van der Waals surface area contributed by atoms with Crippen LogP contribution in [0.1, 0.15) is 31.7 Å². The standard InChI is InChI=1S/C13H17ClO/c1-10-3-2-8-13(10,15)9-11-4-6-12(14)7-5-11/h4-7,10,15H,2-3,8-9H2,1H3. The molecular formula is C13H17ClO. The Bertz CT molecular complexity index is 333. The van der Waals surface area contributed by atoms with Crippen molar-refractivity contribution in [2.75, 3.05) is 0 Å². The summed E-state index contributed by atoms with van der Waals surface area (Å²) in [5, 5.41) is 11.2. The van der Waals surface area contributed by atoms with Crippen molar-refractivity contribution in [3.05, 3.63) is 34.9 Å². The summed E-state index contributed by atoms with van der Waals surface area (Å²) in [6.45, 7) is 2.14. The molecule has 1 nitrogen and oxygen atoms in total. The van der Waals surface area contributed by atoms with Crippen LogP contribution in [-0.2, 0) is 6.42 Å². The minimum atomic E-state index is -0.492. The van der Waals surface area contributed by atoms with Crippen molar-refractivity contribution in [1.82, 2.24) is 0 Å². The van der Waals surface area contributed by atoms with Crippen molar-refractivity contribution in [1.29, 1.82) is 0 Å². The Morgan fingerprint density at radius 3 is 2.60 bits per heavy atom. The highest BCUT2D eigenvalue weighted by molar-refractivity contribution is 6.30. The van der Waals surface area contributed by atoms with Crippen LogP contribution in [0, 0.1) is 5.92 Å². The summed E-state index contributed by atoms with van der Waals surface area (Å²) in [7, 11) is 0. The summed E-state index contributed by atoms with van der Waals surface area (Å²) in [6.07, 6.45) is 3.97. The molecule has 1 fully saturated rings. The van der Waals surface area contributed by atoms with Crippen LogP contribution in [0.3, 0.4) is 0 Å². The van der Waals surface area contributed by atoms with Gasteiger partial charge in [0.05, 0.1) is 5.60 Å². The van der Waals surface area contributed by atoms with Crippen LogP contribution in [0.5, 0.6) is 0 Å². The highest BCUT2D eigenvalue weighted by atomic mass is 35.5. The molecular weight excluding hydrogens is 208 g/mol. The molecule has 15 heavy (non-hydrogen) atoms. The first-order chi connectivity index (χ1) is 7.10. The molecule has 0 aliphatic heterocycles. The second kappa shape index (κ2) is 4.15. The first-order valence-corrected chi connectivity index (χ1v) is 5.95. The van der Waals surface area contributed by atoms with E-state index >= 15 is 0 Å². The van der Waals surface area contributed by atoms with Crippen molar-refractivity contribution < 1.29 is 5.11 Å². The van der Waals surface area contributed by atoms with Gasteiger partial charge < -0.3 is 5.11 Å². The van der Waals surface area contributed by atoms with Gasteiger partial charge in [0.2, 0.25) is 0 Å². The van der Waals surface area contributed by atoms with Gasteiger partial charge in [0, 0.05) is 11.4 Å². The molecule has 1 saturated carbocycles. The molecule has 1 aliphatic rings. The molecule has 1 N–H and O–H groups in total. The molecule has 2 heteroatoms. The van der Waals surface area contributed by atoms with Gasteiger partial charge in [0.25, 0.3) is 0 Å². The third-order valence-electron chi connectivity index (χ3n) is 3.59. The maximum absolute atomic E-state index is 10.4. The Hall–Kier alpha value is -0.530. The smallest absolute Gasteiger partial charge is 0.0713 e. The minimum absolute atomic E-state index is 0.410. The lowest BCUT2D eigenvalue weighted by atomic mass is 9.86. The molecule has 0 saturated heterocycles. The van der Waals surface area contributed by atoms with E-state index in [4.69, 9.17) is 11.6 Å². The average Bonchev–Trinajstić information content (AvgIpc) is 2.51. The zero-order valence-corrected chi connectivity index (χ0v) is 9.80. The van der Waals surface area contributed by atoms with Gasteiger partial charge in [-0.3, -0.25) is 0 Å². The number of aliphatic hydroxyl groups is 1. The van der Waals surface area contributed by atoms with Crippen molar-refractivity contribution >= 4 is 11.6 Å². The van der Waals surface area contributed by atoms with E-state index in [0.29, 0.717) is 5.92 Å². The molecule has 2 atom stereocenters. The molecule has 0 heterocycles. The number of halogens is 1. The van der Waals surface area contributed by atoms with E-state index in [2.05, 4.69) is 6.92 Å². The first-order valence-electron chi connectivity index (χ1n) is 5.57. The zero-order chi connectivity index (χ0) is 10.9. The molecule has 2 unspecified atom stereocenters. The molecule has 1 aromatic rings. The van der Waals surface area contributed by atoms with Gasteiger partial charge in [0.15, 0.2) is 0 Å². The normalized spacial score (nSPS) is 30.7. The van der Waals surface area contributed by atoms with E-state index in [0.717, 1.165) is 30.7 Å². The van der Waals surface area contributed by atoms with Crippen LogP contribution < -0.4 is 0 Å². The largest absolute Gasteiger partial charge is 0.389 e. The quantitative estimate of drug-likeness (QED) is 0.816. The Kier molecular flexibility index (Phi) is 3.03. The van der Waals surface area contributed by atoms with Gasteiger partial charge in [-0.05, 0) is 36.5 Å². The predicted molar refractivity (Wildman–Crippen MR) is 63.1 cm³/mol. The van der Waals surface area contributed by atoms with E-state index in [-0.39, 0.29) is 0 Å². The fraction of sp³-hybridized carbons (Fsp3) is 0.538. The maximum Gasteiger partial charge on any atom is 0.0713 e. The van der Waals surface area contributed by atoms with E-state index in [9.17, 15) is 5.11 Å². The Morgan fingerprint density at radius 1 is 1.40 bits per heavy atom. The van der Waals surface area contributed by atoms with Gasteiger partial charge in [0.1, 0.15) is 0 Å². The minimum Gasteiger partial charge on any atom is -0.389 e. The second-order valence-corrected chi connectivity index (χ2v) is 5.14. The van der Waals surface area contributed by atoms with Crippen LogP contribution in [0.25, 0.3) is 0 Å². The van der Waals surface area contributed by atoms with Crippen molar-refractivity contribution in [2.24, 2.45) is 5.92 Å². The maximum atomic E-state index is 10.4. The highest BCUT2D eigenvalue weighted by Gasteiger charge is 2.37. The Labute approximate surface area is 96.1 Å². The summed E-state index contributed by atoms with van der Waals surface area (Å²) >= 11 is 5.83. The van der Waals surface area contributed by atoms with E-state index < -0.39 is 5.60 Å². The Balaban J connectivity index is 2.11. The first kappa shape index (κ1) is 11.0. The molecule has 0 radical (unpaired) electrons. The summed E-state index contributed by atoms with van der Waals surface area (Å²) in [4.78, 5) is 0. The molecule has 0 spiro atoms. The fourth-order valence-electron chi connectivity index (χ4n) is 2.45. The van der Waals surface area contributed by atoms with Gasteiger partial charge in [-0.15, -0.1) is 0 Å². The van der Waals surface area contributed by atoms with E-state index in [1.165, 1.54) is 5.56 Å². The lowest BCUT2D eigenvalue weighted by molar-refractivity contribution is 0.00960. The van der Waals surface area contributed by atoms with Crippen molar-refractivity contribution in [3.8, 4) is 0 Å². The third-order valence-corrected chi connectivity index (χ3v) is 3.84. The fourth-order valence-corrected chi connectivity index (χ4v) is 2.57. The summed E-state index contributed by atoms with van der Waals surface area (Å²) < 4.78 is 0. The van der Waals surface area contributed by atoms with Crippen molar-refractivity contribution in [3.63, 3.8) is 0 Å². The Morgan fingerprint density at radius 2 is 2.07 bits per heavy atom. The number of rotatable bonds is 2. The predicted octanol–water partition coefficient (Wildman–Crippen LogP) is 3.43. The SMILES string of the molecule is CC1CCCC1(O)Cc1ccc(Cl)cc1. The molecule has 0 bridgehead atoms. The summed E-state index contributed by atoms with van der Waals surface area (Å²) in [5.74, 6) is 0.410. The van der Waals surface area contributed by atoms with Gasteiger partial charge in [-0.1, -0.05) is 37.1 Å². The summed E-state index contributed by atoms with van der Waals surface area (Å²) in [5.41, 5.74) is 0.684. The monoisotopic (exact) mass is 224 g/mol. The molecule has 0 aromatic heterocycles. The second-order valence-electron chi connectivity index (χ2n) is 4.70. The van der Waals surface area contributed by atoms with Crippen molar-refractivity contribution in [2.45, 2.75) is 38.2 Å². The molecule has 1 aliphatic carbocycles. The van der Waals surface area contributed by atoms with Crippen LogP contribution in [0.2, 0.25) is 5.02 Å². The third kappa shape index (κ3) is 2.35. The van der Waals surface area contributed by atoms with Crippen LogP contribution in [0.4, 0.5) is 0 Å². The molecule has 0 amide bonds. The lowest BCUT2D eigenvalue weighted by Crippen LogP contribution is -2.33. The highest BCUT2D eigenvalue weighted by Crippen LogP contribution is 2.37. The van der Waals surface area contributed by atoms with E-state index in [1.807, 2.05) is 24.3 Å². The molecule has 2 rings (SSSR count). The van der Waals surface area contributed by atoms with Gasteiger partial charge >= 0.3 is 0 Å². The van der Waals surface area contributed by atoms with Crippen LogP contribution >= 0.6 is 11.6 Å². The average molecular weight is 225 g/mol. The van der Waals surface area contributed by atoms with Gasteiger partial charge in [-0.2, -0.15) is 0 Å². The van der Waals surface area contributed by atoms with Crippen LogP contribution in [0.15, 0.2) is 24.3 Å². The van der Waals surface area contributed by atoms with Crippen LogP contribution in [-0.4, -0.2) is 10.7 Å². The zero-order valence-electron chi connectivity index (χ0n) is 9.04. The molecule has 82 valence electrons. The summed E-state index contributed by atoms with van der Waals surface area (Å²) in [6, 6.07) is 7.79. The van der Waals surface area contributed by atoms with E-state index in [1.54, 1.807) is 0 Å². The number of hydrogen-bond donors (Lipinski definition) is 1. The topological polar surface area (TPSA) is 20.2 Å². The number of hydrogen-bond acceptors (Lipinski definition) is 1. The van der Waals surface area contributed by atoms with Gasteiger partial charge in [-0.25, -0.2) is 0 Å².